The number of benzene rings is 1. The maximum atomic E-state index is 12.9. The van der Waals surface area contributed by atoms with Gasteiger partial charge in [0.2, 0.25) is 11.8 Å². The van der Waals surface area contributed by atoms with Gasteiger partial charge in [0.1, 0.15) is 0 Å². The smallest absolute Gasteiger partial charge is 0.253 e. The highest BCUT2D eigenvalue weighted by atomic mass is 16.2. The maximum Gasteiger partial charge on any atom is 0.253 e. The molecule has 3 amide bonds. The van der Waals surface area contributed by atoms with Crippen LogP contribution in [0.4, 0.5) is 5.69 Å². The Kier molecular flexibility index (Phi) is 3.92. The zero-order valence-corrected chi connectivity index (χ0v) is 15.3. The number of carbonyl (C=O) groups is 3. The van der Waals surface area contributed by atoms with Crippen molar-refractivity contribution in [2.75, 3.05) is 18.0 Å². The van der Waals surface area contributed by atoms with Crippen LogP contribution in [0, 0.1) is 23.7 Å². The molecule has 5 heteroatoms. The number of fused-ring (bicyclic) bond motifs is 5. The second-order valence-electron chi connectivity index (χ2n) is 8.27. The Bertz CT molecular complexity index is 790. The highest BCUT2D eigenvalue weighted by Gasteiger charge is 2.59. The fourth-order valence-corrected chi connectivity index (χ4v) is 5.37. The van der Waals surface area contributed by atoms with Crippen LogP contribution < -0.4 is 4.90 Å². The van der Waals surface area contributed by atoms with Gasteiger partial charge in [-0.15, -0.1) is 0 Å². The Morgan fingerprint density at radius 1 is 0.815 bits per heavy atom. The van der Waals surface area contributed by atoms with Crippen LogP contribution in [0.1, 0.15) is 42.5 Å². The van der Waals surface area contributed by atoms with E-state index in [9.17, 15) is 14.4 Å². The molecule has 0 aromatic heterocycles. The van der Waals surface area contributed by atoms with Gasteiger partial charge in [0.25, 0.3) is 5.91 Å². The number of anilines is 1. The molecule has 2 heterocycles. The quantitative estimate of drug-likeness (QED) is 0.599. The number of allylic oxidation sites excluding steroid dienone is 2. The second kappa shape index (κ2) is 6.32. The molecule has 2 saturated heterocycles. The number of likely N-dealkylation sites (tertiary alicyclic amines) is 1. The third kappa shape index (κ3) is 2.55. The Labute approximate surface area is 159 Å². The first-order valence-electron chi connectivity index (χ1n) is 10.1. The van der Waals surface area contributed by atoms with E-state index in [0.29, 0.717) is 11.3 Å². The summed E-state index contributed by atoms with van der Waals surface area (Å²) in [5, 5.41) is 0. The van der Waals surface area contributed by atoms with E-state index in [1.54, 1.807) is 24.3 Å². The molecule has 4 aliphatic rings. The van der Waals surface area contributed by atoms with Gasteiger partial charge in [-0.3, -0.25) is 19.3 Å². The number of imide groups is 1. The summed E-state index contributed by atoms with van der Waals surface area (Å²) in [7, 11) is 0. The van der Waals surface area contributed by atoms with E-state index < -0.39 is 0 Å². The lowest BCUT2D eigenvalue weighted by Crippen LogP contribution is -2.33. The number of hydrogen-bond donors (Lipinski definition) is 0. The van der Waals surface area contributed by atoms with Crippen molar-refractivity contribution in [2.24, 2.45) is 23.7 Å². The Hall–Kier alpha value is -2.43. The summed E-state index contributed by atoms with van der Waals surface area (Å²) in [6.45, 7) is 1.62. The lowest BCUT2D eigenvalue weighted by molar-refractivity contribution is -0.123. The van der Waals surface area contributed by atoms with Crippen LogP contribution in [0.5, 0.6) is 0 Å². The first-order valence-corrected chi connectivity index (χ1v) is 10.1. The van der Waals surface area contributed by atoms with E-state index in [0.717, 1.165) is 32.4 Å². The molecule has 5 rings (SSSR count). The molecule has 3 fully saturated rings. The average Bonchev–Trinajstić information content (AvgIpc) is 3.28. The topological polar surface area (TPSA) is 57.7 Å². The van der Waals surface area contributed by atoms with E-state index in [2.05, 4.69) is 12.2 Å². The van der Waals surface area contributed by atoms with Gasteiger partial charge in [0.05, 0.1) is 17.5 Å². The zero-order chi connectivity index (χ0) is 18.5. The number of nitrogens with zero attached hydrogens (tertiary/aromatic N) is 2. The van der Waals surface area contributed by atoms with Crippen molar-refractivity contribution in [2.45, 2.75) is 32.1 Å². The summed E-state index contributed by atoms with van der Waals surface area (Å²) in [5.74, 6) is -0.0592. The summed E-state index contributed by atoms with van der Waals surface area (Å²) < 4.78 is 0. The fourth-order valence-electron chi connectivity index (χ4n) is 5.37. The number of hydrogen-bond acceptors (Lipinski definition) is 3. The molecule has 1 aromatic carbocycles. The molecule has 1 saturated carbocycles. The second-order valence-corrected chi connectivity index (χ2v) is 8.27. The van der Waals surface area contributed by atoms with Gasteiger partial charge >= 0.3 is 0 Å². The summed E-state index contributed by atoms with van der Waals surface area (Å²) in [4.78, 5) is 41.8. The molecule has 4 atom stereocenters. The highest BCUT2D eigenvalue weighted by molar-refractivity contribution is 6.22. The van der Waals surface area contributed by atoms with E-state index in [-0.39, 0.29) is 41.4 Å². The lowest BCUT2D eigenvalue weighted by atomic mass is 9.85. The van der Waals surface area contributed by atoms with Crippen LogP contribution in [0.2, 0.25) is 0 Å². The third-order valence-electron chi connectivity index (χ3n) is 6.74. The number of rotatable bonds is 2. The highest BCUT2D eigenvalue weighted by Crippen LogP contribution is 2.53. The van der Waals surface area contributed by atoms with Crippen LogP contribution in [-0.2, 0) is 9.59 Å². The van der Waals surface area contributed by atoms with E-state index >= 15 is 0 Å². The molecular formula is C22H24N2O3. The van der Waals surface area contributed by atoms with Crippen molar-refractivity contribution in [1.82, 2.24) is 4.90 Å². The normalized spacial score (nSPS) is 32.1. The minimum absolute atomic E-state index is 0.0432. The molecular weight excluding hydrogens is 340 g/mol. The van der Waals surface area contributed by atoms with Crippen LogP contribution in [0.3, 0.4) is 0 Å². The van der Waals surface area contributed by atoms with Crippen molar-refractivity contribution in [3.63, 3.8) is 0 Å². The fraction of sp³-hybridized carbons (Fsp3) is 0.500. The summed E-state index contributed by atoms with van der Waals surface area (Å²) in [5.41, 5.74) is 1.22. The molecule has 0 unspecified atom stereocenters. The van der Waals surface area contributed by atoms with Crippen LogP contribution in [0.15, 0.2) is 36.4 Å². The monoisotopic (exact) mass is 364 g/mol. The predicted octanol–water partition coefficient (Wildman–Crippen LogP) is 3.01. The van der Waals surface area contributed by atoms with Gasteiger partial charge in [-0.2, -0.15) is 0 Å². The van der Waals surface area contributed by atoms with E-state index in [4.69, 9.17) is 0 Å². The van der Waals surface area contributed by atoms with Gasteiger partial charge in [-0.1, -0.05) is 25.0 Å². The standard InChI is InChI=1S/C22H24N2O3/c25-20(23-11-3-1-2-4-12-23)14-7-9-17(10-8-14)24-21(26)18-15-5-6-16(13-15)19(18)22(24)27/h5-10,15-16,18-19H,1-4,11-13H2/t15-,16-,18+,19+/m0/s1. The zero-order valence-electron chi connectivity index (χ0n) is 15.3. The summed E-state index contributed by atoms with van der Waals surface area (Å²) in [6, 6.07) is 7.00. The molecule has 1 aromatic rings. The molecule has 5 nitrogen and oxygen atoms in total. The van der Waals surface area contributed by atoms with Gasteiger partial charge < -0.3 is 4.90 Å². The van der Waals surface area contributed by atoms with Crippen molar-refractivity contribution in [1.29, 1.82) is 0 Å². The molecule has 2 aliphatic heterocycles. The molecule has 2 bridgehead atoms. The molecule has 0 spiro atoms. The Balaban J connectivity index is 1.36. The average molecular weight is 364 g/mol. The van der Waals surface area contributed by atoms with Crippen LogP contribution in [0.25, 0.3) is 0 Å². The van der Waals surface area contributed by atoms with Crippen molar-refractivity contribution < 1.29 is 14.4 Å². The van der Waals surface area contributed by atoms with Gasteiger partial charge in [0, 0.05) is 18.7 Å². The molecule has 2 aliphatic carbocycles. The predicted molar refractivity (Wildman–Crippen MR) is 101 cm³/mol. The number of carbonyl (C=O) groups excluding carboxylic acids is 3. The lowest BCUT2D eigenvalue weighted by Gasteiger charge is -2.21. The van der Waals surface area contributed by atoms with E-state index in [1.807, 2.05) is 4.90 Å². The first kappa shape index (κ1) is 16.7. The maximum absolute atomic E-state index is 12.9. The van der Waals surface area contributed by atoms with Crippen LogP contribution >= 0.6 is 0 Å². The Morgan fingerprint density at radius 3 is 1.93 bits per heavy atom. The molecule has 0 radical (unpaired) electrons. The summed E-state index contributed by atoms with van der Waals surface area (Å²) >= 11 is 0. The van der Waals surface area contributed by atoms with Gasteiger partial charge in [-0.05, 0) is 55.4 Å². The number of amides is 3. The van der Waals surface area contributed by atoms with Crippen molar-refractivity contribution in [3.8, 4) is 0 Å². The first-order chi connectivity index (χ1) is 13.1. The van der Waals surface area contributed by atoms with Crippen LogP contribution in [-0.4, -0.2) is 35.7 Å². The Morgan fingerprint density at radius 2 is 1.37 bits per heavy atom. The minimum atomic E-state index is -0.189. The molecule has 0 N–H and O–H groups in total. The minimum Gasteiger partial charge on any atom is -0.339 e. The van der Waals surface area contributed by atoms with Crippen molar-refractivity contribution in [3.05, 3.63) is 42.0 Å². The van der Waals surface area contributed by atoms with E-state index in [1.165, 1.54) is 17.7 Å². The molecule has 140 valence electrons. The molecule has 27 heavy (non-hydrogen) atoms. The SMILES string of the molecule is O=C(c1ccc(N2C(=O)[C@H]3[C@H](C2=O)[C@H]2C=C[C@H]3C2)cc1)N1CCCCCC1. The van der Waals surface area contributed by atoms with Crippen molar-refractivity contribution >= 4 is 23.4 Å². The van der Waals surface area contributed by atoms with Gasteiger partial charge in [-0.25, -0.2) is 0 Å². The van der Waals surface area contributed by atoms with Gasteiger partial charge in [0.15, 0.2) is 0 Å². The summed E-state index contributed by atoms with van der Waals surface area (Å²) in [6.07, 6.45) is 9.61. The third-order valence-corrected chi connectivity index (χ3v) is 6.74. The largest absolute Gasteiger partial charge is 0.339 e.